The molecular formula is C18H28ClN3O4S. The van der Waals surface area contributed by atoms with Crippen LogP contribution in [0.3, 0.4) is 0 Å². The number of hydrogen-bond acceptors (Lipinski definition) is 5. The lowest BCUT2D eigenvalue weighted by Crippen LogP contribution is -2.49. The molecule has 0 aliphatic carbocycles. The Bertz CT molecular complexity index is 751. The highest BCUT2D eigenvalue weighted by atomic mass is 35.5. The predicted octanol–water partition coefficient (Wildman–Crippen LogP) is 2.11. The van der Waals surface area contributed by atoms with Crippen LogP contribution in [-0.4, -0.2) is 64.8 Å². The molecule has 1 N–H and O–H groups in total. The molecule has 1 saturated heterocycles. The number of nitrogens with one attached hydrogen (secondary N) is 1. The number of likely N-dealkylation sites (tertiary alicyclic amines) is 1. The van der Waals surface area contributed by atoms with Crippen LogP contribution in [0.15, 0.2) is 18.2 Å². The Morgan fingerprint density at radius 2 is 2.00 bits per heavy atom. The van der Waals surface area contributed by atoms with Crippen LogP contribution in [0.25, 0.3) is 0 Å². The number of carbonyl (C=O) groups excluding carboxylic acids is 1. The number of ether oxygens (including phenoxy) is 1. The van der Waals surface area contributed by atoms with Crippen LogP contribution in [0.2, 0.25) is 5.02 Å². The van der Waals surface area contributed by atoms with Crippen LogP contribution in [-0.2, 0) is 14.8 Å². The van der Waals surface area contributed by atoms with Crippen molar-refractivity contribution in [3.8, 4) is 5.75 Å². The second-order valence-electron chi connectivity index (χ2n) is 6.75. The highest BCUT2D eigenvalue weighted by molar-refractivity contribution is 7.92. The number of nitrogens with zero attached hydrogens (tertiary/aromatic N) is 2. The molecule has 2 rings (SSSR count). The lowest BCUT2D eigenvalue weighted by atomic mass is 10.1. The Morgan fingerprint density at radius 1 is 1.33 bits per heavy atom. The number of hydrogen-bond donors (Lipinski definition) is 1. The van der Waals surface area contributed by atoms with E-state index >= 15 is 0 Å². The highest BCUT2D eigenvalue weighted by Crippen LogP contribution is 2.31. The highest BCUT2D eigenvalue weighted by Gasteiger charge is 2.29. The van der Waals surface area contributed by atoms with Gasteiger partial charge in [0.25, 0.3) is 0 Å². The van der Waals surface area contributed by atoms with Gasteiger partial charge >= 0.3 is 0 Å². The fourth-order valence-corrected chi connectivity index (χ4v) is 4.69. The first-order valence-corrected chi connectivity index (χ1v) is 11.3. The standard InChI is InChI=1S/C18H28ClN3O4S/c1-14(18(23)20-9-12-21-10-5-4-6-11-21)22(27(3,24)25)15-7-8-17(26-2)16(19)13-15/h7-8,13-14H,4-6,9-12H2,1-3H3,(H,20,23)/t14-/m1/s1. The van der Waals surface area contributed by atoms with Gasteiger partial charge in [-0.15, -0.1) is 0 Å². The van der Waals surface area contributed by atoms with Gasteiger partial charge in [0.05, 0.1) is 24.1 Å². The molecule has 1 aromatic carbocycles. The topological polar surface area (TPSA) is 79.0 Å². The number of methoxy groups -OCH3 is 1. The number of rotatable bonds is 8. The Kier molecular flexibility index (Phi) is 7.76. The average Bonchev–Trinajstić information content (AvgIpc) is 2.61. The smallest absolute Gasteiger partial charge is 0.243 e. The molecule has 0 radical (unpaired) electrons. The summed E-state index contributed by atoms with van der Waals surface area (Å²) in [5, 5.41) is 3.12. The zero-order valence-corrected chi connectivity index (χ0v) is 17.6. The Labute approximate surface area is 166 Å². The minimum Gasteiger partial charge on any atom is -0.495 e. The van der Waals surface area contributed by atoms with Gasteiger partial charge in [0.1, 0.15) is 11.8 Å². The number of amides is 1. The van der Waals surface area contributed by atoms with Crippen molar-refractivity contribution in [2.24, 2.45) is 0 Å². The van der Waals surface area contributed by atoms with E-state index in [-0.39, 0.29) is 10.9 Å². The van der Waals surface area contributed by atoms with Gasteiger partial charge in [-0.1, -0.05) is 18.0 Å². The molecule has 152 valence electrons. The van der Waals surface area contributed by atoms with Crippen molar-refractivity contribution in [2.45, 2.75) is 32.2 Å². The fourth-order valence-electron chi connectivity index (χ4n) is 3.27. The normalized spacial score (nSPS) is 16.6. The molecule has 1 aliphatic heterocycles. The third-order valence-corrected chi connectivity index (χ3v) is 6.19. The Balaban J connectivity index is 2.06. The fraction of sp³-hybridized carbons (Fsp3) is 0.611. The van der Waals surface area contributed by atoms with Crippen molar-refractivity contribution in [2.75, 3.05) is 43.8 Å². The second-order valence-corrected chi connectivity index (χ2v) is 9.01. The van der Waals surface area contributed by atoms with Crippen LogP contribution in [0.4, 0.5) is 5.69 Å². The summed E-state index contributed by atoms with van der Waals surface area (Å²) in [5.41, 5.74) is 0.321. The van der Waals surface area contributed by atoms with Gasteiger partial charge in [-0.2, -0.15) is 0 Å². The molecule has 9 heteroatoms. The van der Waals surface area contributed by atoms with Crippen molar-refractivity contribution in [1.82, 2.24) is 10.2 Å². The summed E-state index contributed by atoms with van der Waals surface area (Å²) in [6, 6.07) is 3.74. The molecule has 0 unspecified atom stereocenters. The molecule has 0 spiro atoms. The molecule has 1 heterocycles. The SMILES string of the molecule is COc1ccc(N([C@H](C)C(=O)NCCN2CCCCC2)S(C)(=O)=O)cc1Cl. The number of piperidine rings is 1. The largest absolute Gasteiger partial charge is 0.495 e. The number of carbonyl (C=O) groups is 1. The van der Waals surface area contributed by atoms with Crippen molar-refractivity contribution >= 4 is 33.2 Å². The van der Waals surface area contributed by atoms with Gasteiger partial charge in [0.15, 0.2) is 0 Å². The molecule has 1 fully saturated rings. The Hall–Kier alpha value is -1.51. The minimum atomic E-state index is -3.68. The van der Waals surface area contributed by atoms with E-state index < -0.39 is 16.1 Å². The number of halogens is 1. The molecule has 1 aliphatic rings. The summed E-state index contributed by atoms with van der Waals surface area (Å²) < 4.78 is 30.8. The van der Waals surface area contributed by atoms with Crippen LogP contribution >= 0.6 is 11.6 Å². The maximum Gasteiger partial charge on any atom is 0.243 e. The maximum atomic E-state index is 12.6. The minimum absolute atomic E-state index is 0.279. The first-order chi connectivity index (χ1) is 12.7. The predicted molar refractivity (Wildman–Crippen MR) is 108 cm³/mol. The van der Waals surface area contributed by atoms with E-state index in [4.69, 9.17) is 16.3 Å². The van der Waals surface area contributed by atoms with Crippen molar-refractivity contribution in [3.63, 3.8) is 0 Å². The van der Waals surface area contributed by atoms with E-state index in [1.165, 1.54) is 32.4 Å². The van der Waals surface area contributed by atoms with Crippen LogP contribution in [0, 0.1) is 0 Å². The van der Waals surface area contributed by atoms with Crippen molar-refractivity contribution in [3.05, 3.63) is 23.2 Å². The number of sulfonamides is 1. The number of anilines is 1. The summed E-state index contributed by atoms with van der Waals surface area (Å²) in [5.74, 6) is 0.0943. The zero-order chi connectivity index (χ0) is 20.0. The van der Waals surface area contributed by atoms with E-state index in [0.717, 1.165) is 30.2 Å². The van der Waals surface area contributed by atoms with E-state index in [0.29, 0.717) is 18.0 Å². The first kappa shape index (κ1) is 21.8. The molecule has 7 nitrogen and oxygen atoms in total. The summed E-state index contributed by atoms with van der Waals surface area (Å²) in [6.07, 6.45) is 4.70. The first-order valence-electron chi connectivity index (χ1n) is 9.07. The van der Waals surface area contributed by atoms with Gasteiger partial charge in [0, 0.05) is 13.1 Å². The van der Waals surface area contributed by atoms with Gasteiger partial charge in [-0.3, -0.25) is 9.10 Å². The molecule has 0 saturated carbocycles. The number of benzene rings is 1. The third kappa shape index (κ3) is 5.99. The van der Waals surface area contributed by atoms with E-state index in [2.05, 4.69) is 10.2 Å². The second kappa shape index (κ2) is 9.61. The summed E-state index contributed by atoms with van der Waals surface area (Å²) in [7, 11) is -2.20. The zero-order valence-electron chi connectivity index (χ0n) is 16.1. The van der Waals surface area contributed by atoms with E-state index in [9.17, 15) is 13.2 Å². The lowest BCUT2D eigenvalue weighted by molar-refractivity contribution is -0.121. The van der Waals surface area contributed by atoms with Gasteiger partial charge in [-0.05, 0) is 51.1 Å². The summed E-state index contributed by atoms with van der Waals surface area (Å²) in [6.45, 7) is 4.92. The summed E-state index contributed by atoms with van der Waals surface area (Å²) >= 11 is 6.12. The lowest BCUT2D eigenvalue weighted by Gasteiger charge is -2.29. The molecule has 1 aromatic rings. The van der Waals surface area contributed by atoms with Gasteiger partial charge in [-0.25, -0.2) is 8.42 Å². The Morgan fingerprint density at radius 3 is 2.56 bits per heavy atom. The van der Waals surface area contributed by atoms with Crippen LogP contribution in [0.5, 0.6) is 5.75 Å². The van der Waals surface area contributed by atoms with Gasteiger partial charge < -0.3 is 15.0 Å². The van der Waals surface area contributed by atoms with Crippen molar-refractivity contribution < 1.29 is 17.9 Å². The van der Waals surface area contributed by atoms with Gasteiger partial charge in [0.2, 0.25) is 15.9 Å². The average molecular weight is 418 g/mol. The molecule has 0 bridgehead atoms. The quantitative estimate of drug-likeness (QED) is 0.700. The molecule has 27 heavy (non-hydrogen) atoms. The van der Waals surface area contributed by atoms with Crippen LogP contribution < -0.4 is 14.4 Å². The van der Waals surface area contributed by atoms with E-state index in [1.807, 2.05) is 0 Å². The van der Waals surface area contributed by atoms with Crippen molar-refractivity contribution in [1.29, 1.82) is 0 Å². The third-order valence-electron chi connectivity index (χ3n) is 4.65. The van der Waals surface area contributed by atoms with E-state index in [1.54, 1.807) is 19.1 Å². The summed E-state index contributed by atoms with van der Waals surface area (Å²) in [4.78, 5) is 14.9. The van der Waals surface area contributed by atoms with Crippen LogP contribution in [0.1, 0.15) is 26.2 Å². The monoisotopic (exact) mass is 417 g/mol. The maximum absolute atomic E-state index is 12.6. The molecule has 1 amide bonds. The molecule has 0 aromatic heterocycles. The molecular weight excluding hydrogens is 390 g/mol. The molecule has 1 atom stereocenters.